The fourth-order valence-electron chi connectivity index (χ4n) is 5.81. The topological polar surface area (TPSA) is 108 Å². The maximum Gasteiger partial charge on any atom is 0.267 e. The average molecular weight is 537 g/mol. The van der Waals surface area contributed by atoms with Crippen molar-refractivity contribution in [3.8, 4) is 11.3 Å². The molecule has 2 aliphatic heterocycles. The molecule has 11 heteroatoms. The largest absolute Gasteiger partial charge is 0.340 e. The van der Waals surface area contributed by atoms with E-state index in [1.165, 1.54) is 6.07 Å². The van der Waals surface area contributed by atoms with Gasteiger partial charge in [0.05, 0.1) is 24.3 Å². The monoisotopic (exact) mass is 536 g/mol. The third kappa shape index (κ3) is 3.93. The van der Waals surface area contributed by atoms with Crippen LogP contribution in [0.3, 0.4) is 0 Å². The van der Waals surface area contributed by atoms with Crippen LogP contribution >= 0.6 is 0 Å². The third-order valence-electron chi connectivity index (χ3n) is 7.79. The summed E-state index contributed by atoms with van der Waals surface area (Å²) in [5.74, 6) is 1.09. The fourth-order valence-corrected chi connectivity index (χ4v) is 5.81. The molecule has 2 aromatic carbocycles. The van der Waals surface area contributed by atoms with Crippen LogP contribution in [-0.4, -0.2) is 50.7 Å². The average Bonchev–Trinajstić information content (AvgIpc) is 3.66. The number of pyridine rings is 1. The van der Waals surface area contributed by atoms with E-state index in [1.807, 2.05) is 24.3 Å². The molecule has 40 heavy (non-hydrogen) atoms. The van der Waals surface area contributed by atoms with Crippen molar-refractivity contribution in [1.82, 2.24) is 19.7 Å². The van der Waals surface area contributed by atoms with Crippen LogP contribution in [0.25, 0.3) is 11.3 Å². The Labute approximate surface area is 229 Å². The van der Waals surface area contributed by atoms with E-state index in [0.29, 0.717) is 46.8 Å². The normalized spacial score (nSPS) is 19.2. The summed E-state index contributed by atoms with van der Waals surface area (Å²) in [5.41, 5.74) is 3.78. The van der Waals surface area contributed by atoms with Gasteiger partial charge in [0.1, 0.15) is 17.1 Å². The molecule has 2 atom stereocenters. The molecule has 7 rings (SSSR count). The van der Waals surface area contributed by atoms with Gasteiger partial charge >= 0.3 is 0 Å². The molecule has 0 unspecified atom stereocenters. The molecule has 0 bridgehead atoms. The van der Waals surface area contributed by atoms with Crippen molar-refractivity contribution in [3.63, 3.8) is 0 Å². The third-order valence-corrected chi connectivity index (χ3v) is 7.79. The molecule has 1 aliphatic carbocycles. The summed E-state index contributed by atoms with van der Waals surface area (Å²) in [6.07, 6.45) is 3.08. The van der Waals surface area contributed by atoms with E-state index in [1.54, 1.807) is 53.0 Å². The molecule has 0 radical (unpaired) electrons. The molecule has 0 spiro atoms. The zero-order valence-electron chi connectivity index (χ0n) is 21.7. The van der Waals surface area contributed by atoms with Crippen LogP contribution in [0.4, 0.5) is 27.4 Å². The summed E-state index contributed by atoms with van der Waals surface area (Å²) in [4.78, 5) is 37.2. The minimum Gasteiger partial charge on any atom is -0.340 e. The highest BCUT2D eigenvalue weighted by molar-refractivity contribution is 6.21. The van der Waals surface area contributed by atoms with Crippen LogP contribution in [0.5, 0.6) is 0 Å². The summed E-state index contributed by atoms with van der Waals surface area (Å²) in [6.45, 7) is 0.381. The number of fused-ring (bicyclic) bond motifs is 5. The first kappa shape index (κ1) is 24.1. The summed E-state index contributed by atoms with van der Waals surface area (Å²) in [5, 5.41) is 11.3. The predicted octanol–water partition coefficient (Wildman–Crippen LogP) is 5.46. The number of anilines is 3. The summed E-state index contributed by atoms with van der Waals surface area (Å²) >= 11 is 0. The SMILES string of the molecule is CN1C(=O)c2c(nn(Cc3ccc(-c4cccc(F)n4)cc3)c2Nc2ccc(N=O)cc2)N2C1=N[C@@H]1CCC[C@@H]12. The molecular weight excluding hydrogens is 511 g/mol. The first-order valence-electron chi connectivity index (χ1n) is 13.2. The zero-order valence-corrected chi connectivity index (χ0v) is 21.7. The molecule has 0 saturated heterocycles. The molecule has 1 saturated carbocycles. The number of nitroso groups, excluding NO2 is 1. The lowest BCUT2D eigenvalue weighted by atomic mass is 10.1. The maximum atomic E-state index is 13.7. The number of guanidine groups is 1. The molecule has 3 aliphatic rings. The second-order valence-electron chi connectivity index (χ2n) is 10.2. The van der Waals surface area contributed by atoms with E-state index in [9.17, 15) is 14.1 Å². The Balaban J connectivity index is 1.29. The van der Waals surface area contributed by atoms with Crippen LogP contribution in [-0.2, 0) is 6.54 Å². The number of hydrogen-bond acceptors (Lipinski definition) is 8. The molecule has 2 aromatic heterocycles. The van der Waals surface area contributed by atoms with Gasteiger partial charge in [0.2, 0.25) is 11.9 Å². The number of nitrogens with one attached hydrogen (secondary N) is 1. The van der Waals surface area contributed by atoms with Crippen molar-refractivity contribution in [3.05, 3.63) is 88.7 Å². The van der Waals surface area contributed by atoms with Gasteiger partial charge in [0, 0.05) is 18.3 Å². The number of nitrogens with zero attached hydrogens (tertiary/aromatic N) is 7. The van der Waals surface area contributed by atoms with Crippen molar-refractivity contribution in [2.45, 2.75) is 37.9 Å². The lowest BCUT2D eigenvalue weighted by Gasteiger charge is -2.34. The van der Waals surface area contributed by atoms with Gasteiger partial charge < -0.3 is 5.32 Å². The molecule has 1 fully saturated rings. The van der Waals surface area contributed by atoms with E-state index < -0.39 is 5.95 Å². The molecule has 1 amide bonds. The van der Waals surface area contributed by atoms with Crippen LogP contribution < -0.4 is 10.2 Å². The van der Waals surface area contributed by atoms with E-state index in [0.717, 1.165) is 30.4 Å². The minimum atomic E-state index is -0.527. The molecule has 200 valence electrons. The Morgan fingerprint density at radius 2 is 1.85 bits per heavy atom. The predicted molar refractivity (Wildman–Crippen MR) is 150 cm³/mol. The Kier molecular flexibility index (Phi) is 5.65. The first-order chi connectivity index (χ1) is 19.5. The number of hydrogen-bond donors (Lipinski definition) is 1. The summed E-state index contributed by atoms with van der Waals surface area (Å²) < 4.78 is 15.4. The van der Waals surface area contributed by atoms with Gasteiger partial charge in [-0.1, -0.05) is 30.3 Å². The molecule has 4 heterocycles. The van der Waals surface area contributed by atoms with Crippen molar-refractivity contribution in [2.75, 3.05) is 17.3 Å². The highest BCUT2D eigenvalue weighted by Crippen LogP contribution is 2.43. The fraction of sp³-hybridized carbons (Fsp3) is 0.241. The first-order valence-corrected chi connectivity index (χ1v) is 13.2. The van der Waals surface area contributed by atoms with Gasteiger partial charge in [-0.3, -0.25) is 14.6 Å². The standard InChI is InChI=1S/C29H25FN8O2/c1-36-28(39)25-26(31-19-12-14-20(35-40)15-13-19)37(34-27(25)38-23-6-2-5-22(23)33-29(36)38)16-17-8-10-18(11-9-17)21-4-3-7-24(30)32-21/h3-4,7-15,22-23,31H,2,5-6,16H2,1H3/t22-,23+/m1/s1. The van der Waals surface area contributed by atoms with Gasteiger partial charge in [0.15, 0.2) is 5.82 Å². The quantitative estimate of drug-likeness (QED) is 0.259. The van der Waals surface area contributed by atoms with Crippen LogP contribution in [0.15, 0.2) is 76.9 Å². The lowest BCUT2D eigenvalue weighted by molar-refractivity contribution is 0.0866. The van der Waals surface area contributed by atoms with Gasteiger partial charge in [-0.05, 0) is 66.4 Å². The minimum absolute atomic E-state index is 0.158. The number of carbonyl (C=O) groups is 1. The Morgan fingerprint density at radius 1 is 1.05 bits per heavy atom. The van der Waals surface area contributed by atoms with Crippen molar-refractivity contribution in [1.29, 1.82) is 0 Å². The van der Waals surface area contributed by atoms with Gasteiger partial charge in [-0.15, -0.1) is 4.91 Å². The van der Waals surface area contributed by atoms with Crippen LogP contribution in [0, 0.1) is 10.9 Å². The second kappa shape index (κ2) is 9.37. The molecule has 10 nitrogen and oxygen atoms in total. The van der Waals surface area contributed by atoms with E-state index in [2.05, 4.69) is 20.4 Å². The Bertz CT molecular complexity index is 1660. The number of benzene rings is 2. The number of aromatic nitrogens is 3. The zero-order chi connectivity index (χ0) is 27.4. The van der Waals surface area contributed by atoms with E-state index in [-0.39, 0.29) is 18.0 Å². The number of rotatable bonds is 6. The number of aliphatic imine (C=N–C) groups is 1. The Morgan fingerprint density at radius 3 is 2.60 bits per heavy atom. The number of amides is 1. The number of carbonyl (C=O) groups excluding carboxylic acids is 1. The highest BCUT2D eigenvalue weighted by Gasteiger charge is 2.49. The van der Waals surface area contributed by atoms with E-state index >= 15 is 0 Å². The summed E-state index contributed by atoms with van der Waals surface area (Å²) in [7, 11) is 1.75. The smallest absolute Gasteiger partial charge is 0.267 e. The van der Waals surface area contributed by atoms with Gasteiger partial charge in [0.25, 0.3) is 5.91 Å². The van der Waals surface area contributed by atoms with Gasteiger partial charge in [-0.2, -0.15) is 9.49 Å². The molecular formula is C29H25FN8O2. The lowest BCUT2D eigenvalue weighted by Crippen LogP contribution is -2.51. The van der Waals surface area contributed by atoms with Gasteiger partial charge in [-0.25, -0.2) is 14.7 Å². The highest BCUT2D eigenvalue weighted by atomic mass is 19.1. The van der Waals surface area contributed by atoms with Crippen molar-refractivity contribution >= 4 is 34.9 Å². The van der Waals surface area contributed by atoms with Crippen LogP contribution in [0.2, 0.25) is 0 Å². The Hall–Kier alpha value is -4.93. The molecule has 1 N–H and O–H groups in total. The van der Waals surface area contributed by atoms with E-state index in [4.69, 9.17) is 10.1 Å². The number of halogens is 1. The maximum absolute atomic E-state index is 13.7. The van der Waals surface area contributed by atoms with Crippen molar-refractivity contribution < 1.29 is 9.18 Å². The van der Waals surface area contributed by atoms with Crippen LogP contribution in [0.1, 0.15) is 35.2 Å². The second-order valence-corrected chi connectivity index (χ2v) is 10.2. The summed E-state index contributed by atoms with van der Waals surface area (Å²) in [6, 6.07) is 19.4. The molecule has 4 aromatic rings. The van der Waals surface area contributed by atoms with Crippen molar-refractivity contribution in [2.24, 2.45) is 10.2 Å².